The van der Waals surface area contributed by atoms with Gasteiger partial charge >= 0.3 is 0 Å². The first-order valence-electron chi connectivity index (χ1n) is 4.42. The summed E-state index contributed by atoms with van der Waals surface area (Å²) in [5.41, 5.74) is 1.01. The molecule has 1 N–H and O–H groups in total. The normalized spacial score (nSPS) is 10.0. The average Bonchev–Trinajstić information content (AvgIpc) is 2.19. The summed E-state index contributed by atoms with van der Waals surface area (Å²) in [5, 5.41) is 11.1. The number of nitrogens with zero attached hydrogens (tertiary/aromatic N) is 2. The van der Waals surface area contributed by atoms with Crippen LogP contribution >= 0.6 is 0 Å². The maximum atomic E-state index is 4.90. The van der Waals surface area contributed by atoms with E-state index in [0.29, 0.717) is 6.61 Å². The second kappa shape index (κ2) is 5.48. The molecule has 0 aromatic carbocycles. The van der Waals surface area contributed by atoms with E-state index in [9.17, 15) is 0 Å². The third-order valence-corrected chi connectivity index (χ3v) is 1.69. The molecule has 4 heteroatoms. The monoisotopic (exact) mass is 181 g/mol. The van der Waals surface area contributed by atoms with Crippen LogP contribution in [0.5, 0.6) is 0 Å². The van der Waals surface area contributed by atoms with Gasteiger partial charge in [0.2, 0.25) is 0 Å². The van der Waals surface area contributed by atoms with E-state index in [2.05, 4.69) is 22.4 Å². The van der Waals surface area contributed by atoms with Crippen LogP contribution in [-0.2, 0) is 11.2 Å². The second-order valence-corrected chi connectivity index (χ2v) is 2.68. The first-order valence-corrected chi connectivity index (χ1v) is 4.42. The van der Waals surface area contributed by atoms with Gasteiger partial charge in [0.15, 0.2) is 0 Å². The Kier molecular flexibility index (Phi) is 4.18. The molecule has 4 nitrogen and oxygen atoms in total. The second-order valence-electron chi connectivity index (χ2n) is 2.68. The van der Waals surface area contributed by atoms with E-state index < -0.39 is 0 Å². The molecule has 0 saturated heterocycles. The fourth-order valence-electron chi connectivity index (χ4n) is 0.924. The summed E-state index contributed by atoms with van der Waals surface area (Å²) in [4.78, 5) is 0. The fraction of sp³-hybridized carbons (Fsp3) is 0.556. The summed E-state index contributed by atoms with van der Waals surface area (Å²) in [6.45, 7) is 3.50. The van der Waals surface area contributed by atoms with Crippen molar-refractivity contribution in [3.05, 3.63) is 17.8 Å². The Morgan fingerprint density at radius 3 is 2.77 bits per heavy atom. The highest BCUT2D eigenvalue weighted by molar-refractivity contribution is 5.32. The van der Waals surface area contributed by atoms with Gasteiger partial charge in [0.1, 0.15) is 5.82 Å². The van der Waals surface area contributed by atoms with Crippen molar-refractivity contribution in [1.82, 2.24) is 10.2 Å². The van der Waals surface area contributed by atoms with Gasteiger partial charge in [-0.1, -0.05) is 6.92 Å². The van der Waals surface area contributed by atoms with E-state index in [-0.39, 0.29) is 0 Å². The number of rotatable bonds is 5. The number of aromatic nitrogens is 2. The molecule has 0 saturated carbocycles. The van der Waals surface area contributed by atoms with E-state index in [1.165, 1.54) is 0 Å². The van der Waals surface area contributed by atoms with Gasteiger partial charge in [0, 0.05) is 13.7 Å². The lowest BCUT2D eigenvalue weighted by molar-refractivity contribution is 0.210. The lowest BCUT2D eigenvalue weighted by Crippen LogP contribution is -2.09. The predicted octanol–water partition coefficient (Wildman–Crippen LogP) is 1.10. The van der Waals surface area contributed by atoms with Gasteiger partial charge in [-0.05, 0) is 18.6 Å². The molecule has 0 atom stereocenters. The standard InChI is InChI=1S/C9H15N3O/c1-3-8-4-5-9(12-11-8)10-6-7-13-2/h4-5H,3,6-7H2,1-2H3,(H,10,12). The Morgan fingerprint density at radius 2 is 2.23 bits per heavy atom. The quantitative estimate of drug-likeness (QED) is 0.691. The maximum absolute atomic E-state index is 4.90. The lowest BCUT2D eigenvalue weighted by Gasteiger charge is -2.03. The van der Waals surface area contributed by atoms with Crippen LogP contribution in [0, 0.1) is 0 Å². The maximum Gasteiger partial charge on any atom is 0.148 e. The van der Waals surface area contributed by atoms with Crippen molar-refractivity contribution in [2.45, 2.75) is 13.3 Å². The molecule has 0 radical (unpaired) electrons. The fourth-order valence-corrected chi connectivity index (χ4v) is 0.924. The highest BCUT2D eigenvalue weighted by Gasteiger charge is 1.94. The molecule has 0 spiro atoms. The summed E-state index contributed by atoms with van der Waals surface area (Å²) in [6, 6.07) is 3.91. The van der Waals surface area contributed by atoms with Gasteiger partial charge in [-0.25, -0.2) is 0 Å². The minimum absolute atomic E-state index is 0.678. The number of methoxy groups -OCH3 is 1. The van der Waals surface area contributed by atoms with Gasteiger partial charge in [-0.2, -0.15) is 5.10 Å². The summed E-state index contributed by atoms with van der Waals surface area (Å²) in [7, 11) is 1.67. The highest BCUT2D eigenvalue weighted by Crippen LogP contribution is 2.01. The molecule has 1 heterocycles. The number of anilines is 1. The number of nitrogens with one attached hydrogen (secondary N) is 1. The lowest BCUT2D eigenvalue weighted by atomic mass is 10.3. The minimum atomic E-state index is 0.678. The van der Waals surface area contributed by atoms with Crippen molar-refractivity contribution in [2.75, 3.05) is 25.6 Å². The van der Waals surface area contributed by atoms with Gasteiger partial charge < -0.3 is 10.1 Å². The molecule has 0 unspecified atom stereocenters. The summed E-state index contributed by atoms with van der Waals surface area (Å²) >= 11 is 0. The third-order valence-electron chi connectivity index (χ3n) is 1.69. The highest BCUT2D eigenvalue weighted by atomic mass is 16.5. The van der Waals surface area contributed by atoms with Crippen molar-refractivity contribution in [3.63, 3.8) is 0 Å². The zero-order valence-electron chi connectivity index (χ0n) is 8.08. The molecule has 0 aliphatic rings. The molecule has 0 fully saturated rings. The molecule has 13 heavy (non-hydrogen) atoms. The van der Waals surface area contributed by atoms with Crippen molar-refractivity contribution in [2.24, 2.45) is 0 Å². The zero-order chi connectivity index (χ0) is 9.52. The van der Waals surface area contributed by atoms with Gasteiger partial charge in [0.25, 0.3) is 0 Å². The predicted molar refractivity (Wildman–Crippen MR) is 51.8 cm³/mol. The van der Waals surface area contributed by atoms with Gasteiger partial charge in [-0.3, -0.25) is 0 Å². The molecule has 0 bridgehead atoms. The van der Waals surface area contributed by atoms with Crippen molar-refractivity contribution in [1.29, 1.82) is 0 Å². The number of ether oxygens (including phenoxy) is 1. The summed E-state index contributed by atoms with van der Waals surface area (Å²) in [6.07, 6.45) is 0.922. The molecule has 1 aromatic rings. The number of aryl methyl sites for hydroxylation is 1. The largest absolute Gasteiger partial charge is 0.383 e. The molecule has 0 aliphatic heterocycles. The Labute approximate surface area is 78.3 Å². The average molecular weight is 181 g/mol. The molecular weight excluding hydrogens is 166 g/mol. The minimum Gasteiger partial charge on any atom is -0.383 e. The van der Waals surface area contributed by atoms with E-state index in [1.54, 1.807) is 7.11 Å². The van der Waals surface area contributed by atoms with Crippen LogP contribution in [0.3, 0.4) is 0 Å². The Morgan fingerprint density at radius 1 is 1.38 bits per heavy atom. The molecule has 1 rings (SSSR count). The molecule has 72 valence electrons. The van der Waals surface area contributed by atoms with Crippen molar-refractivity contribution >= 4 is 5.82 Å². The molecular formula is C9H15N3O. The number of hydrogen-bond donors (Lipinski definition) is 1. The van der Waals surface area contributed by atoms with Crippen LogP contribution in [0.2, 0.25) is 0 Å². The smallest absolute Gasteiger partial charge is 0.148 e. The Bertz CT molecular complexity index is 235. The van der Waals surface area contributed by atoms with Crippen molar-refractivity contribution < 1.29 is 4.74 Å². The van der Waals surface area contributed by atoms with E-state index in [4.69, 9.17) is 4.74 Å². The Hall–Kier alpha value is -1.16. The van der Waals surface area contributed by atoms with Crippen LogP contribution in [0.25, 0.3) is 0 Å². The van der Waals surface area contributed by atoms with Gasteiger partial charge in [0.05, 0.1) is 12.3 Å². The number of hydrogen-bond acceptors (Lipinski definition) is 4. The first-order chi connectivity index (χ1) is 6.36. The van der Waals surface area contributed by atoms with Crippen molar-refractivity contribution in [3.8, 4) is 0 Å². The van der Waals surface area contributed by atoms with E-state index in [0.717, 1.165) is 24.5 Å². The van der Waals surface area contributed by atoms with Crippen LogP contribution in [0.4, 0.5) is 5.82 Å². The summed E-state index contributed by atoms with van der Waals surface area (Å²) < 4.78 is 4.90. The van der Waals surface area contributed by atoms with E-state index >= 15 is 0 Å². The molecule has 0 amide bonds. The van der Waals surface area contributed by atoms with Gasteiger partial charge in [-0.15, -0.1) is 5.10 Å². The Balaban J connectivity index is 2.40. The SMILES string of the molecule is CCc1ccc(NCCOC)nn1. The topological polar surface area (TPSA) is 47.0 Å². The van der Waals surface area contributed by atoms with Crippen LogP contribution in [0.1, 0.15) is 12.6 Å². The first kappa shape index (κ1) is 9.92. The van der Waals surface area contributed by atoms with Crippen LogP contribution < -0.4 is 5.32 Å². The zero-order valence-corrected chi connectivity index (χ0v) is 8.08. The van der Waals surface area contributed by atoms with Crippen LogP contribution in [-0.4, -0.2) is 30.5 Å². The summed E-state index contributed by atoms with van der Waals surface area (Å²) in [5.74, 6) is 0.800. The third kappa shape index (κ3) is 3.38. The van der Waals surface area contributed by atoms with Crippen LogP contribution in [0.15, 0.2) is 12.1 Å². The molecule has 0 aliphatic carbocycles. The molecule has 1 aromatic heterocycles. The van der Waals surface area contributed by atoms with E-state index in [1.807, 2.05) is 12.1 Å².